The molecule has 0 unspecified atom stereocenters. The molecular formula is C14H21ClN2O. The van der Waals surface area contributed by atoms with Gasteiger partial charge in [0, 0.05) is 18.1 Å². The van der Waals surface area contributed by atoms with Crippen molar-refractivity contribution < 1.29 is 4.79 Å². The molecule has 0 aliphatic rings. The molecule has 1 rings (SSSR count). The fourth-order valence-corrected chi connectivity index (χ4v) is 1.86. The van der Waals surface area contributed by atoms with Gasteiger partial charge >= 0.3 is 0 Å². The van der Waals surface area contributed by atoms with E-state index in [9.17, 15) is 4.79 Å². The van der Waals surface area contributed by atoms with Crippen molar-refractivity contribution in [2.24, 2.45) is 11.7 Å². The van der Waals surface area contributed by atoms with E-state index in [1.54, 1.807) is 4.90 Å². The Labute approximate surface area is 114 Å². The standard InChI is InChI=1S/C14H21ClN2O/c1-11(2)7-8-17(14(18)9-16)10-12-5-3-4-6-13(12)15/h3-6,11H,7-10,16H2,1-2H3. The van der Waals surface area contributed by atoms with Crippen molar-refractivity contribution in [1.82, 2.24) is 4.90 Å². The Morgan fingerprint density at radius 2 is 2.06 bits per heavy atom. The van der Waals surface area contributed by atoms with E-state index < -0.39 is 0 Å². The van der Waals surface area contributed by atoms with Crippen LogP contribution in [0.25, 0.3) is 0 Å². The van der Waals surface area contributed by atoms with Crippen LogP contribution in [0.3, 0.4) is 0 Å². The zero-order valence-corrected chi connectivity index (χ0v) is 11.8. The van der Waals surface area contributed by atoms with Gasteiger partial charge in [0.25, 0.3) is 0 Å². The highest BCUT2D eigenvalue weighted by Gasteiger charge is 2.14. The van der Waals surface area contributed by atoms with Crippen LogP contribution in [0.4, 0.5) is 0 Å². The van der Waals surface area contributed by atoms with E-state index in [0.29, 0.717) is 17.5 Å². The Bertz CT molecular complexity index is 393. The van der Waals surface area contributed by atoms with Crippen molar-refractivity contribution in [2.45, 2.75) is 26.8 Å². The Morgan fingerprint density at radius 3 is 2.61 bits per heavy atom. The quantitative estimate of drug-likeness (QED) is 0.862. The van der Waals surface area contributed by atoms with Gasteiger partial charge in [0.05, 0.1) is 6.54 Å². The molecular weight excluding hydrogens is 248 g/mol. The van der Waals surface area contributed by atoms with E-state index in [1.165, 1.54) is 0 Å². The molecule has 0 atom stereocenters. The number of amides is 1. The smallest absolute Gasteiger partial charge is 0.236 e. The van der Waals surface area contributed by atoms with Gasteiger partial charge in [0.1, 0.15) is 0 Å². The van der Waals surface area contributed by atoms with Crippen LogP contribution in [-0.4, -0.2) is 23.9 Å². The van der Waals surface area contributed by atoms with Crippen molar-refractivity contribution in [3.05, 3.63) is 34.9 Å². The molecule has 0 saturated carbocycles. The lowest BCUT2D eigenvalue weighted by molar-refractivity contribution is -0.130. The lowest BCUT2D eigenvalue weighted by atomic mass is 10.1. The Hall–Kier alpha value is -1.06. The highest BCUT2D eigenvalue weighted by molar-refractivity contribution is 6.31. The van der Waals surface area contributed by atoms with E-state index >= 15 is 0 Å². The van der Waals surface area contributed by atoms with Crippen LogP contribution in [0.1, 0.15) is 25.8 Å². The average Bonchev–Trinajstić information content (AvgIpc) is 2.35. The number of nitrogens with two attached hydrogens (primary N) is 1. The fraction of sp³-hybridized carbons (Fsp3) is 0.500. The van der Waals surface area contributed by atoms with Crippen molar-refractivity contribution in [2.75, 3.05) is 13.1 Å². The number of halogens is 1. The second-order valence-electron chi connectivity index (χ2n) is 4.79. The molecule has 18 heavy (non-hydrogen) atoms. The fourth-order valence-electron chi connectivity index (χ4n) is 1.67. The first kappa shape index (κ1) is 15.0. The van der Waals surface area contributed by atoms with Gasteiger partial charge in [-0.2, -0.15) is 0 Å². The van der Waals surface area contributed by atoms with Crippen LogP contribution < -0.4 is 5.73 Å². The van der Waals surface area contributed by atoms with Crippen LogP contribution in [0.15, 0.2) is 24.3 Å². The molecule has 2 N–H and O–H groups in total. The van der Waals surface area contributed by atoms with Crippen molar-refractivity contribution in [3.8, 4) is 0 Å². The molecule has 0 bridgehead atoms. The predicted molar refractivity (Wildman–Crippen MR) is 75.4 cm³/mol. The van der Waals surface area contributed by atoms with Gasteiger partial charge in [-0.25, -0.2) is 0 Å². The minimum Gasteiger partial charge on any atom is -0.337 e. The molecule has 1 amide bonds. The summed E-state index contributed by atoms with van der Waals surface area (Å²) in [4.78, 5) is 13.6. The molecule has 0 saturated heterocycles. The molecule has 0 heterocycles. The second-order valence-corrected chi connectivity index (χ2v) is 5.20. The molecule has 0 aliphatic heterocycles. The van der Waals surface area contributed by atoms with E-state index in [0.717, 1.165) is 18.5 Å². The van der Waals surface area contributed by atoms with Crippen LogP contribution in [0.2, 0.25) is 5.02 Å². The lowest BCUT2D eigenvalue weighted by Crippen LogP contribution is -2.36. The van der Waals surface area contributed by atoms with E-state index in [2.05, 4.69) is 13.8 Å². The molecule has 0 fully saturated rings. The maximum Gasteiger partial charge on any atom is 0.236 e. The summed E-state index contributed by atoms with van der Waals surface area (Å²) in [6.45, 7) is 5.57. The van der Waals surface area contributed by atoms with Crippen LogP contribution in [0, 0.1) is 5.92 Å². The molecule has 0 radical (unpaired) electrons. The van der Waals surface area contributed by atoms with Gasteiger partial charge in [-0.1, -0.05) is 43.6 Å². The number of carbonyl (C=O) groups excluding carboxylic acids is 1. The van der Waals surface area contributed by atoms with Gasteiger partial charge < -0.3 is 10.6 Å². The monoisotopic (exact) mass is 268 g/mol. The van der Waals surface area contributed by atoms with Crippen LogP contribution >= 0.6 is 11.6 Å². The minimum absolute atomic E-state index is 0.0319. The SMILES string of the molecule is CC(C)CCN(Cc1ccccc1Cl)C(=O)CN. The van der Waals surface area contributed by atoms with Gasteiger partial charge in [-0.3, -0.25) is 4.79 Å². The van der Waals surface area contributed by atoms with Gasteiger partial charge in [0.2, 0.25) is 5.91 Å². The third-order valence-electron chi connectivity index (χ3n) is 2.82. The summed E-state index contributed by atoms with van der Waals surface area (Å²) in [6, 6.07) is 7.59. The summed E-state index contributed by atoms with van der Waals surface area (Å²) >= 11 is 6.11. The number of benzene rings is 1. The highest BCUT2D eigenvalue weighted by Crippen LogP contribution is 2.17. The van der Waals surface area contributed by atoms with E-state index in [1.807, 2.05) is 24.3 Å². The zero-order chi connectivity index (χ0) is 13.5. The Morgan fingerprint density at radius 1 is 1.39 bits per heavy atom. The number of hydrogen-bond donors (Lipinski definition) is 1. The maximum absolute atomic E-state index is 11.8. The maximum atomic E-state index is 11.8. The molecule has 1 aromatic rings. The van der Waals surface area contributed by atoms with Gasteiger partial charge in [-0.15, -0.1) is 0 Å². The molecule has 0 aromatic heterocycles. The Kier molecular flexibility index (Phi) is 6.16. The largest absolute Gasteiger partial charge is 0.337 e. The number of hydrogen-bond acceptors (Lipinski definition) is 2. The normalized spacial score (nSPS) is 10.7. The highest BCUT2D eigenvalue weighted by atomic mass is 35.5. The predicted octanol–water partition coefficient (Wildman–Crippen LogP) is 2.67. The lowest BCUT2D eigenvalue weighted by Gasteiger charge is -2.23. The molecule has 1 aromatic carbocycles. The third-order valence-corrected chi connectivity index (χ3v) is 3.19. The molecule has 4 heteroatoms. The van der Waals surface area contributed by atoms with Crippen molar-refractivity contribution >= 4 is 17.5 Å². The van der Waals surface area contributed by atoms with Crippen LogP contribution in [0.5, 0.6) is 0 Å². The summed E-state index contributed by atoms with van der Waals surface area (Å²) in [6.07, 6.45) is 0.968. The van der Waals surface area contributed by atoms with E-state index in [4.69, 9.17) is 17.3 Å². The molecule has 3 nitrogen and oxygen atoms in total. The Balaban J connectivity index is 2.72. The topological polar surface area (TPSA) is 46.3 Å². The number of carbonyl (C=O) groups is 1. The van der Waals surface area contributed by atoms with Crippen molar-refractivity contribution in [3.63, 3.8) is 0 Å². The average molecular weight is 269 g/mol. The summed E-state index contributed by atoms with van der Waals surface area (Å²) in [5.41, 5.74) is 6.41. The summed E-state index contributed by atoms with van der Waals surface area (Å²) in [7, 11) is 0. The minimum atomic E-state index is -0.0319. The zero-order valence-electron chi connectivity index (χ0n) is 11.0. The molecule has 0 spiro atoms. The van der Waals surface area contributed by atoms with Crippen molar-refractivity contribution in [1.29, 1.82) is 0 Å². The van der Waals surface area contributed by atoms with E-state index in [-0.39, 0.29) is 12.5 Å². The molecule has 100 valence electrons. The number of rotatable bonds is 6. The first-order valence-electron chi connectivity index (χ1n) is 6.25. The first-order valence-corrected chi connectivity index (χ1v) is 6.63. The summed E-state index contributed by atoms with van der Waals surface area (Å²) in [5.74, 6) is 0.528. The summed E-state index contributed by atoms with van der Waals surface area (Å²) < 4.78 is 0. The van der Waals surface area contributed by atoms with Gasteiger partial charge in [-0.05, 0) is 24.0 Å². The second kappa shape index (κ2) is 7.39. The summed E-state index contributed by atoms with van der Waals surface area (Å²) in [5, 5.41) is 0.692. The first-order chi connectivity index (χ1) is 8.54. The van der Waals surface area contributed by atoms with Crippen LogP contribution in [-0.2, 0) is 11.3 Å². The molecule has 0 aliphatic carbocycles. The van der Waals surface area contributed by atoms with Gasteiger partial charge in [0.15, 0.2) is 0 Å². The number of nitrogens with zero attached hydrogens (tertiary/aromatic N) is 1. The third kappa shape index (κ3) is 4.67.